The van der Waals surface area contributed by atoms with Crippen molar-refractivity contribution < 1.29 is 34.8 Å². The van der Waals surface area contributed by atoms with Crippen molar-refractivity contribution in [1.29, 1.82) is 0 Å². The number of primary amides is 1. The number of hydrogen-bond donors (Lipinski definition) is 2. The Morgan fingerprint density at radius 3 is 2.54 bits per heavy atom. The summed E-state index contributed by atoms with van der Waals surface area (Å²) in [6.45, 7) is 1.39. The molecule has 2 amide bonds. The van der Waals surface area contributed by atoms with Gasteiger partial charge in [0.15, 0.2) is 9.84 Å². The number of thiophene rings is 1. The second-order valence-corrected chi connectivity index (χ2v) is 9.42. The highest BCUT2D eigenvalue weighted by molar-refractivity contribution is 7.92. The molecule has 0 saturated heterocycles. The van der Waals surface area contributed by atoms with Crippen molar-refractivity contribution in [2.45, 2.75) is 17.9 Å². The van der Waals surface area contributed by atoms with Gasteiger partial charge in [-0.05, 0) is 43.3 Å². The number of benzene rings is 1. The summed E-state index contributed by atoms with van der Waals surface area (Å²) < 4.78 is 37.6. The van der Waals surface area contributed by atoms with Crippen LogP contribution in [0.5, 0.6) is 0 Å². The van der Waals surface area contributed by atoms with E-state index in [1.165, 1.54) is 11.3 Å². The smallest absolute Gasteiger partial charge is 0.251 e. The number of nitrogens with zero attached hydrogens (tertiary/aromatic N) is 1. The molecule has 1 aliphatic heterocycles. The summed E-state index contributed by atoms with van der Waals surface area (Å²) in [5.74, 6) is -2.83. The Bertz CT molecular complexity index is 1010. The molecule has 3 rings (SSSR count). The molecule has 11 heteroatoms. The Morgan fingerprint density at radius 2 is 1.93 bits per heavy atom. The third kappa shape index (κ3) is 4.69. The van der Waals surface area contributed by atoms with Crippen LogP contribution in [0, 0.1) is 5.82 Å². The van der Waals surface area contributed by atoms with Crippen LogP contribution >= 0.6 is 11.3 Å². The monoisotopic (exact) mass is 446 g/mol. The maximum absolute atomic E-state index is 13.0. The first-order valence-corrected chi connectivity index (χ1v) is 10.6. The highest BCUT2D eigenvalue weighted by Gasteiger charge is 2.28. The van der Waals surface area contributed by atoms with Gasteiger partial charge in [-0.1, -0.05) is 0 Å². The predicted octanol–water partition coefficient (Wildman–Crippen LogP) is -1.61. The lowest BCUT2D eigenvalue weighted by Crippen LogP contribution is -3.00. The number of likely N-dealkylation sites (N-methyl/N-ethyl adjacent to an activating group) is 1. The van der Waals surface area contributed by atoms with E-state index in [0.29, 0.717) is 13.0 Å². The number of hydrogen-bond acceptors (Lipinski definition) is 6. The minimum atomic E-state index is -3.94. The molecule has 0 atom stereocenters. The number of fused-ring (bicyclic) bond motifs is 1. The van der Waals surface area contributed by atoms with Crippen molar-refractivity contribution in [2.75, 3.05) is 24.7 Å². The molecule has 1 aliphatic rings. The lowest BCUT2D eigenvalue weighted by Gasteiger charge is -2.22. The minimum absolute atomic E-state index is 0. The maximum Gasteiger partial charge on any atom is 0.251 e. The number of sulfone groups is 1. The SMILES string of the molecule is CN1CCc2c(sc(NC(=O)CS(=O)(=O)c3ccc(F)cc3)c2C(N)=O)C1.[Cl-]. The molecule has 1 aromatic carbocycles. The number of anilines is 1. The fourth-order valence-electron chi connectivity index (χ4n) is 2.94. The van der Waals surface area contributed by atoms with Crippen molar-refractivity contribution in [3.63, 3.8) is 0 Å². The highest BCUT2D eigenvalue weighted by Crippen LogP contribution is 2.36. The number of carbonyl (C=O) groups is 2. The Hall–Kier alpha value is -2.01. The third-order valence-electron chi connectivity index (χ3n) is 4.24. The van der Waals surface area contributed by atoms with Gasteiger partial charge in [-0.25, -0.2) is 12.8 Å². The molecular formula is C17H18ClFN3O4S2-. The second kappa shape index (κ2) is 8.56. The summed E-state index contributed by atoms with van der Waals surface area (Å²) >= 11 is 1.23. The molecule has 152 valence electrons. The molecule has 28 heavy (non-hydrogen) atoms. The van der Waals surface area contributed by atoms with Gasteiger partial charge in [0.05, 0.1) is 10.5 Å². The van der Waals surface area contributed by atoms with E-state index in [1.807, 2.05) is 7.05 Å². The summed E-state index contributed by atoms with van der Waals surface area (Å²) in [5, 5.41) is 2.77. The topological polar surface area (TPSA) is 110 Å². The third-order valence-corrected chi connectivity index (χ3v) is 7.01. The Morgan fingerprint density at radius 1 is 1.29 bits per heavy atom. The number of nitrogens with two attached hydrogens (primary N) is 1. The van der Waals surface area contributed by atoms with Gasteiger partial charge in [-0.15, -0.1) is 11.3 Å². The van der Waals surface area contributed by atoms with Gasteiger partial charge in [0.2, 0.25) is 5.91 Å². The summed E-state index contributed by atoms with van der Waals surface area (Å²) in [6, 6.07) is 4.23. The van der Waals surface area contributed by atoms with Gasteiger partial charge in [0.1, 0.15) is 16.6 Å². The lowest BCUT2D eigenvalue weighted by molar-refractivity contribution is -0.113. The van der Waals surface area contributed by atoms with Gasteiger partial charge in [-0.3, -0.25) is 9.59 Å². The van der Waals surface area contributed by atoms with Gasteiger partial charge in [0.25, 0.3) is 5.91 Å². The normalized spacial score (nSPS) is 14.1. The molecule has 0 unspecified atom stereocenters. The zero-order valence-corrected chi connectivity index (χ0v) is 17.3. The van der Waals surface area contributed by atoms with Crippen molar-refractivity contribution >= 4 is 38.0 Å². The Balaban J connectivity index is 0.00000280. The number of amides is 2. The van der Waals surface area contributed by atoms with Crippen LogP contribution in [0.4, 0.5) is 9.39 Å². The van der Waals surface area contributed by atoms with Gasteiger partial charge < -0.3 is 28.4 Å². The summed E-state index contributed by atoms with van der Waals surface area (Å²) in [5.41, 5.74) is 6.53. The lowest BCUT2D eigenvalue weighted by atomic mass is 10.0. The van der Waals surface area contributed by atoms with Crippen LogP contribution in [0.25, 0.3) is 0 Å². The fraction of sp³-hybridized carbons (Fsp3) is 0.294. The Labute approximate surface area is 172 Å². The molecule has 0 fully saturated rings. The van der Waals surface area contributed by atoms with Crippen LogP contribution < -0.4 is 23.5 Å². The molecule has 2 heterocycles. The molecule has 1 aromatic heterocycles. The van der Waals surface area contributed by atoms with Crippen LogP contribution in [-0.4, -0.2) is 44.5 Å². The molecule has 0 radical (unpaired) electrons. The van der Waals surface area contributed by atoms with E-state index in [1.54, 1.807) is 0 Å². The van der Waals surface area contributed by atoms with Gasteiger partial charge in [0, 0.05) is 18.0 Å². The zero-order chi connectivity index (χ0) is 19.8. The first-order valence-electron chi connectivity index (χ1n) is 8.08. The van der Waals surface area contributed by atoms with Crippen LogP contribution in [0.3, 0.4) is 0 Å². The molecule has 0 spiro atoms. The van der Waals surface area contributed by atoms with Crippen molar-refractivity contribution in [3.8, 4) is 0 Å². The maximum atomic E-state index is 13.0. The van der Waals surface area contributed by atoms with Crippen molar-refractivity contribution in [1.82, 2.24) is 4.90 Å². The molecule has 7 nitrogen and oxygen atoms in total. The van der Waals surface area contributed by atoms with E-state index in [-0.39, 0.29) is 27.9 Å². The van der Waals surface area contributed by atoms with E-state index in [0.717, 1.165) is 41.3 Å². The summed E-state index contributed by atoms with van der Waals surface area (Å²) in [6.07, 6.45) is 0.629. The molecule has 0 saturated carbocycles. The number of rotatable bonds is 5. The largest absolute Gasteiger partial charge is 1.00 e. The second-order valence-electron chi connectivity index (χ2n) is 6.32. The minimum Gasteiger partial charge on any atom is -1.00 e. The number of halogens is 2. The summed E-state index contributed by atoms with van der Waals surface area (Å²) in [4.78, 5) is 27.0. The first kappa shape index (κ1) is 22.3. The average Bonchev–Trinajstić information content (AvgIpc) is 2.91. The van der Waals surface area contributed by atoms with Crippen LogP contribution in [0.1, 0.15) is 20.8 Å². The molecular weight excluding hydrogens is 429 g/mol. The highest BCUT2D eigenvalue weighted by atomic mass is 35.5. The molecule has 2 aromatic rings. The van der Waals surface area contributed by atoms with Crippen molar-refractivity contribution in [2.24, 2.45) is 5.73 Å². The Kier molecular flexibility index (Phi) is 6.81. The fourth-order valence-corrected chi connectivity index (χ4v) is 5.42. The molecule has 0 bridgehead atoms. The van der Waals surface area contributed by atoms with E-state index in [2.05, 4.69) is 10.2 Å². The van der Waals surface area contributed by atoms with Crippen LogP contribution in [-0.2, 0) is 27.6 Å². The van der Waals surface area contributed by atoms with Crippen LogP contribution in [0.15, 0.2) is 29.2 Å². The zero-order valence-electron chi connectivity index (χ0n) is 14.9. The van der Waals surface area contributed by atoms with E-state index in [4.69, 9.17) is 5.73 Å². The standard InChI is InChI=1S/C17H18FN3O4S2.ClH/c1-21-7-6-12-13(8-21)26-17(15(12)16(19)23)20-14(22)9-27(24,25)11-4-2-10(18)3-5-11;/h2-5H,6-9H2,1H3,(H2,19,23)(H,20,22);1H/p-1. The predicted molar refractivity (Wildman–Crippen MR) is 100.0 cm³/mol. The van der Waals surface area contributed by atoms with E-state index < -0.39 is 33.2 Å². The number of nitrogens with one attached hydrogen (secondary N) is 1. The first-order chi connectivity index (χ1) is 12.7. The number of carbonyl (C=O) groups excluding carboxylic acids is 2. The summed E-state index contributed by atoms with van der Waals surface area (Å²) in [7, 11) is -1.99. The van der Waals surface area contributed by atoms with Crippen molar-refractivity contribution in [3.05, 3.63) is 46.1 Å². The quantitative estimate of drug-likeness (QED) is 0.537. The van der Waals surface area contributed by atoms with Gasteiger partial charge >= 0.3 is 0 Å². The van der Waals surface area contributed by atoms with Crippen LogP contribution in [0.2, 0.25) is 0 Å². The molecule has 0 aliphatic carbocycles. The van der Waals surface area contributed by atoms with E-state index in [9.17, 15) is 22.4 Å². The average molecular weight is 447 g/mol. The van der Waals surface area contributed by atoms with Gasteiger partial charge in [-0.2, -0.15) is 0 Å². The molecule has 3 N–H and O–H groups in total. The van der Waals surface area contributed by atoms with E-state index >= 15 is 0 Å².